The van der Waals surface area contributed by atoms with Gasteiger partial charge in [-0.05, 0) is 18.9 Å². The number of fused-ring (bicyclic) bond motifs is 1. The first-order valence-electron chi connectivity index (χ1n) is 6.40. The molecule has 3 rings (SSSR count). The van der Waals surface area contributed by atoms with Crippen LogP contribution in [0.2, 0.25) is 0 Å². The lowest BCUT2D eigenvalue weighted by atomic mass is 9.94. The molecule has 2 nitrogen and oxygen atoms in total. The third-order valence-electron chi connectivity index (χ3n) is 3.65. The van der Waals surface area contributed by atoms with Crippen LogP contribution >= 0.6 is 0 Å². The molecule has 0 saturated carbocycles. The summed E-state index contributed by atoms with van der Waals surface area (Å²) >= 11 is 0. The van der Waals surface area contributed by atoms with E-state index in [4.69, 9.17) is 0 Å². The highest BCUT2D eigenvalue weighted by molar-refractivity contribution is 6.26. The third kappa shape index (κ3) is 1.99. The summed E-state index contributed by atoms with van der Waals surface area (Å²) in [5, 5.41) is 0. The summed E-state index contributed by atoms with van der Waals surface area (Å²) in [5.41, 5.74) is 3.36. The quantitative estimate of drug-likeness (QED) is 0.767. The Balaban J connectivity index is 1.90. The van der Waals surface area contributed by atoms with E-state index in [0.29, 0.717) is 17.5 Å². The van der Waals surface area contributed by atoms with Gasteiger partial charge in [-0.3, -0.25) is 9.59 Å². The van der Waals surface area contributed by atoms with Gasteiger partial charge in [0.05, 0.1) is 5.92 Å². The standard InChI is InChI=1S/C17H14O2/c1-11-6-8-12(9-7-11)10-15-16(18)13-4-2-3-5-14(13)17(15)19/h2-9,15H,10H2,1H3. The fourth-order valence-corrected chi connectivity index (χ4v) is 2.55. The topological polar surface area (TPSA) is 34.1 Å². The van der Waals surface area contributed by atoms with Crippen LogP contribution in [0.3, 0.4) is 0 Å². The summed E-state index contributed by atoms with van der Waals surface area (Å²) in [6, 6.07) is 15.1. The van der Waals surface area contributed by atoms with Gasteiger partial charge >= 0.3 is 0 Å². The van der Waals surface area contributed by atoms with Crippen molar-refractivity contribution in [1.82, 2.24) is 0 Å². The normalized spacial score (nSPS) is 14.8. The smallest absolute Gasteiger partial charge is 0.174 e. The second-order valence-corrected chi connectivity index (χ2v) is 5.02. The molecule has 0 bridgehead atoms. The Morgan fingerprint density at radius 2 is 1.37 bits per heavy atom. The number of Topliss-reactive ketones (excluding diaryl/α,β-unsaturated/α-hetero) is 2. The number of rotatable bonds is 2. The molecule has 0 N–H and O–H groups in total. The number of benzene rings is 2. The van der Waals surface area contributed by atoms with Crippen LogP contribution in [0.15, 0.2) is 48.5 Å². The predicted molar refractivity (Wildman–Crippen MR) is 73.5 cm³/mol. The van der Waals surface area contributed by atoms with Gasteiger partial charge < -0.3 is 0 Å². The molecule has 0 amide bonds. The van der Waals surface area contributed by atoms with Gasteiger partial charge in [0, 0.05) is 11.1 Å². The van der Waals surface area contributed by atoms with E-state index in [1.165, 1.54) is 5.56 Å². The Hall–Kier alpha value is -2.22. The van der Waals surface area contributed by atoms with Crippen molar-refractivity contribution in [3.05, 3.63) is 70.8 Å². The second kappa shape index (κ2) is 4.47. The highest BCUT2D eigenvalue weighted by Gasteiger charge is 2.37. The van der Waals surface area contributed by atoms with Crippen molar-refractivity contribution < 1.29 is 9.59 Å². The molecule has 0 aromatic heterocycles. The van der Waals surface area contributed by atoms with Crippen molar-refractivity contribution in [3.8, 4) is 0 Å². The van der Waals surface area contributed by atoms with Gasteiger partial charge in [-0.2, -0.15) is 0 Å². The van der Waals surface area contributed by atoms with Crippen LogP contribution in [0.5, 0.6) is 0 Å². The molecule has 0 aliphatic heterocycles. The van der Waals surface area contributed by atoms with E-state index >= 15 is 0 Å². The lowest BCUT2D eigenvalue weighted by Gasteiger charge is -2.07. The Labute approximate surface area is 112 Å². The van der Waals surface area contributed by atoms with Crippen LogP contribution in [0.1, 0.15) is 31.8 Å². The van der Waals surface area contributed by atoms with Crippen molar-refractivity contribution in [2.24, 2.45) is 5.92 Å². The number of ketones is 2. The molecule has 0 spiro atoms. The molecule has 2 aromatic rings. The monoisotopic (exact) mass is 250 g/mol. The Bertz CT molecular complexity index is 618. The maximum atomic E-state index is 12.3. The molecule has 94 valence electrons. The third-order valence-corrected chi connectivity index (χ3v) is 3.65. The van der Waals surface area contributed by atoms with Crippen LogP contribution in [0, 0.1) is 12.8 Å². The Morgan fingerprint density at radius 3 is 1.89 bits per heavy atom. The molecule has 0 unspecified atom stereocenters. The lowest BCUT2D eigenvalue weighted by molar-refractivity contribution is 0.0838. The molecule has 0 heterocycles. The number of carbonyl (C=O) groups excluding carboxylic acids is 2. The molecular weight excluding hydrogens is 236 g/mol. The average Bonchev–Trinajstić information content (AvgIpc) is 2.67. The molecule has 19 heavy (non-hydrogen) atoms. The number of hydrogen-bond acceptors (Lipinski definition) is 2. The molecule has 1 aliphatic carbocycles. The first kappa shape index (κ1) is 11.8. The van der Waals surface area contributed by atoms with Gasteiger partial charge in [0.15, 0.2) is 11.6 Å². The molecule has 2 heteroatoms. The lowest BCUT2D eigenvalue weighted by Crippen LogP contribution is -2.17. The summed E-state index contributed by atoms with van der Waals surface area (Å²) in [7, 11) is 0. The highest BCUT2D eigenvalue weighted by atomic mass is 16.2. The van der Waals surface area contributed by atoms with E-state index in [0.717, 1.165) is 5.56 Å². The zero-order valence-electron chi connectivity index (χ0n) is 10.7. The van der Waals surface area contributed by atoms with Gasteiger partial charge in [-0.1, -0.05) is 54.1 Å². The van der Waals surface area contributed by atoms with Crippen molar-refractivity contribution in [1.29, 1.82) is 0 Å². The summed E-state index contributed by atoms with van der Waals surface area (Å²) in [4.78, 5) is 24.5. The van der Waals surface area contributed by atoms with Crippen LogP contribution in [-0.2, 0) is 6.42 Å². The van der Waals surface area contributed by atoms with E-state index in [1.54, 1.807) is 24.3 Å². The summed E-state index contributed by atoms with van der Waals surface area (Å²) < 4.78 is 0. The average molecular weight is 250 g/mol. The highest BCUT2D eigenvalue weighted by Crippen LogP contribution is 2.29. The summed E-state index contributed by atoms with van der Waals surface area (Å²) in [6.07, 6.45) is 0.493. The van der Waals surface area contributed by atoms with Crippen LogP contribution < -0.4 is 0 Å². The fraction of sp³-hybridized carbons (Fsp3) is 0.176. The van der Waals surface area contributed by atoms with Gasteiger partial charge in [-0.15, -0.1) is 0 Å². The second-order valence-electron chi connectivity index (χ2n) is 5.02. The molecule has 2 aromatic carbocycles. The first-order chi connectivity index (χ1) is 9.16. The maximum absolute atomic E-state index is 12.3. The van der Waals surface area contributed by atoms with Gasteiger partial charge in [0.1, 0.15) is 0 Å². The van der Waals surface area contributed by atoms with Crippen LogP contribution in [0.25, 0.3) is 0 Å². The Kier molecular flexibility index (Phi) is 2.79. The zero-order chi connectivity index (χ0) is 13.4. The molecule has 0 atom stereocenters. The minimum Gasteiger partial charge on any atom is -0.293 e. The molecule has 0 saturated heterocycles. The van der Waals surface area contributed by atoms with Crippen molar-refractivity contribution in [3.63, 3.8) is 0 Å². The SMILES string of the molecule is Cc1ccc(CC2C(=O)c3ccccc3C2=O)cc1. The summed E-state index contributed by atoms with van der Waals surface area (Å²) in [5.74, 6) is -0.623. The fourth-order valence-electron chi connectivity index (χ4n) is 2.55. The van der Waals surface area contributed by atoms with E-state index < -0.39 is 5.92 Å². The number of aryl methyl sites for hydroxylation is 1. The molecule has 1 aliphatic rings. The molecule has 0 fully saturated rings. The number of hydrogen-bond donors (Lipinski definition) is 0. The van der Waals surface area contributed by atoms with Gasteiger partial charge in [0.25, 0.3) is 0 Å². The molecular formula is C17H14O2. The zero-order valence-corrected chi connectivity index (χ0v) is 10.7. The molecule has 0 radical (unpaired) electrons. The van der Waals surface area contributed by atoms with Crippen LogP contribution in [0.4, 0.5) is 0 Å². The Morgan fingerprint density at radius 1 is 0.842 bits per heavy atom. The van der Waals surface area contributed by atoms with Gasteiger partial charge in [0.2, 0.25) is 0 Å². The first-order valence-corrected chi connectivity index (χ1v) is 6.40. The summed E-state index contributed by atoms with van der Waals surface area (Å²) in [6.45, 7) is 2.02. The maximum Gasteiger partial charge on any atom is 0.174 e. The van der Waals surface area contributed by atoms with Gasteiger partial charge in [-0.25, -0.2) is 0 Å². The largest absolute Gasteiger partial charge is 0.293 e. The van der Waals surface area contributed by atoms with E-state index in [9.17, 15) is 9.59 Å². The minimum absolute atomic E-state index is 0.0406. The minimum atomic E-state index is -0.542. The predicted octanol–water partition coefficient (Wildman–Crippen LogP) is 3.23. The number of carbonyl (C=O) groups is 2. The van der Waals surface area contributed by atoms with E-state index in [2.05, 4.69) is 0 Å². The van der Waals surface area contributed by atoms with E-state index in [-0.39, 0.29) is 11.6 Å². The van der Waals surface area contributed by atoms with Crippen molar-refractivity contribution in [2.45, 2.75) is 13.3 Å². The van der Waals surface area contributed by atoms with Crippen LogP contribution in [-0.4, -0.2) is 11.6 Å². The van der Waals surface area contributed by atoms with Crippen molar-refractivity contribution in [2.75, 3.05) is 0 Å². The van der Waals surface area contributed by atoms with Crippen molar-refractivity contribution >= 4 is 11.6 Å². The van der Waals surface area contributed by atoms with E-state index in [1.807, 2.05) is 31.2 Å².